The number of rotatable bonds is 1. The highest BCUT2D eigenvalue weighted by Crippen LogP contribution is 2.23. The van der Waals surface area contributed by atoms with E-state index in [4.69, 9.17) is 0 Å². The second kappa shape index (κ2) is 4.37. The van der Waals surface area contributed by atoms with Crippen LogP contribution >= 0.6 is 0 Å². The van der Waals surface area contributed by atoms with Gasteiger partial charge in [-0.3, -0.25) is 4.99 Å². The third kappa shape index (κ3) is 2.21. The van der Waals surface area contributed by atoms with E-state index < -0.39 is 0 Å². The Bertz CT molecular complexity index is 134. The molecule has 1 rings (SSSR count). The molecule has 2 nitrogen and oxygen atoms in total. The third-order valence-electron chi connectivity index (χ3n) is 2.49. The number of amidine groups is 1. The molecule has 0 heterocycles. The summed E-state index contributed by atoms with van der Waals surface area (Å²) in [5, 5.41) is 3.17. The van der Waals surface area contributed by atoms with Gasteiger partial charge in [-0.25, -0.2) is 0 Å². The number of aliphatic imine (C=N–C) groups is 1. The van der Waals surface area contributed by atoms with Crippen LogP contribution in [0.4, 0.5) is 0 Å². The van der Waals surface area contributed by atoms with Crippen LogP contribution in [0, 0.1) is 5.92 Å². The summed E-state index contributed by atoms with van der Waals surface area (Å²) in [7, 11) is 3.84. The van der Waals surface area contributed by atoms with Crippen molar-refractivity contribution in [1.29, 1.82) is 0 Å². The fraction of sp³-hybridized carbons (Fsp3) is 0.889. The van der Waals surface area contributed by atoms with Crippen molar-refractivity contribution in [2.45, 2.75) is 32.1 Å². The molecule has 2 heteroatoms. The highest BCUT2D eigenvalue weighted by molar-refractivity contribution is 5.84. The summed E-state index contributed by atoms with van der Waals surface area (Å²) in [6, 6.07) is 0. The largest absolute Gasteiger partial charge is 0.377 e. The zero-order valence-electron chi connectivity index (χ0n) is 7.56. The Kier molecular flexibility index (Phi) is 3.40. The molecule has 0 radical (unpaired) electrons. The molecule has 11 heavy (non-hydrogen) atoms. The highest BCUT2D eigenvalue weighted by atomic mass is 15.0. The maximum Gasteiger partial charge on any atom is 0.0988 e. The van der Waals surface area contributed by atoms with Crippen LogP contribution in [-0.4, -0.2) is 19.9 Å². The van der Waals surface area contributed by atoms with Crippen molar-refractivity contribution >= 4 is 5.84 Å². The van der Waals surface area contributed by atoms with E-state index >= 15 is 0 Å². The summed E-state index contributed by atoms with van der Waals surface area (Å²) in [4.78, 5) is 4.24. The van der Waals surface area contributed by atoms with Crippen molar-refractivity contribution in [3.8, 4) is 0 Å². The van der Waals surface area contributed by atoms with Gasteiger partial charge in [-0.05, 0) is 12.8 Å². The molecule has 1 fully saturated rings. The molecule has 0 spiro atoms. The van der Waals surface area contributed by atoms with Gasteiger partial charge in [-0.2, -0.15) is 0 Å². The predicted octanol–water partition coefficient (Wildman–Crippen LogP) is 1.81. The Hall–Kier alpha value is -0.530. The fourth-order valence-corrected chi connectivity index (χ4v) is 1.87. The lowest BCUT2D eigenvalue weighted by atomic mass is 9.88. The minimum Gasteiger partial charge on any atom is -0.377 e. The zero-order valence-corrected chi connectivity index (χ0v) is 7.56. The Morgan fingerprint density at radius 3 is 2.36 bits per heavy atom. The van der Waals surface area contributed by atoms with Crippen molar-refractivity contribution in [1.82, 2.24) is 5.32 Å². The average molecular weight is 154 g/mol. The van der Waals surface area contributed by atoms with Crippen LogP contribution in [0.1, 0.15) is 32.1 Å². The molecule has 1 saturated carbocycles. The Morgan fingerprint density at radius 1 is 1.27 bits per heavy atom. The molecule has 1 aliphatic carbocycles. The summed E-state index contributed by atoms with van der Waals surface area (Å²) < 4.78 is 0. The van der Waals surface area contributed by atoms with E-state index in [-0.39, 0.29) is 0 Å². The van der Waals surface area contributed by atoms with Gasteiger partial charge in [0.05, 0.1) is 5.84 Å². The fourth-order valence-electron chi connectivity index (χ4n) is 1.87. The number of hydrogen-bond donors (Lipinski definition) is 1. The quantitative estimate of drug-likeness (QED) is 0.452. The van der Waals surface area contributed by atoms with Gasteiger partial charge in [0.25, 0.3) is 0 Å². The van der Waals surface area contributed by atoms with Crippen LogP contribution in [0.15, 0.2) is 4.99 Å². The molecule has 0 aromatic rings. The first-order chi connectivity index (χ1) is 5.38. The van der Waals surface area contributed by atoms with E-state index in [0.29, 0.717) is 0 Å². The van der Waals surface area contributed by atoms with Gasteiger partial charge in [0.1, 0.15) is 0 Å². The predicted molar refractivity (Wildman–Crippen MR) is 49.0 cm³/mol. The molecule has 0 unspecified atom stereocenters. The molecule has 0 saturated heterocycles. The molecule has 0 aromatic heterocycles. The first kappa shape index (κ1) is 8.57. The molecule has 1 aliphatic rings. The van der Waals surface area contributed by atoms with Crippen molar-refractivity contribution in [3.63, 3.8) is 0 Å². The van der Waals surface area contributed by atoms with Gasteiger partial charge >= 0.3 is 0 Å². The van der Waals surface area contributed by atoms with Crippen LogP contribution in [0.25, 0.3) is 0 Å². The van der Waals surface area contributed by atoms with Gasteiger partial charge in [0.15, 0.2) is 0 Å². The second-order valence-corrected chi connectivity index (χ2v) is 3.19. The lowest BCUT2D eigenvalue weighted by Gasteiger charge is -2.22. The standard InChI is InChI=1S/C9H18N2/c1-10-9(11-2)8-6-4-3-5-7-8/h8H,3-7H2,1-2H3,(H,10,11). The maximum absolute atomic E-state index is 4.24. The summed E-state index contributed by atoms with van der Waals surface area (Å²) in [6.45, 7) is 0. The Balaban J connectivity index is 2.43. The molecule has 1 N–H and O–H groups in total. The topological polar surface area (TPSA) is 24.4 Å². The molecular weight excluding hydrogens is 136 g/mol. The monoisotopic (exact) mass is 154 g/mol. The molecular formula is C9H18N2. The van der Waals surface area contributed by atoms with Crippen molar-refractivity contribution in [2.24, 2.45) is 10.9 Å². The van der Waals surface area contributed by atoms with Crippen LogP contribution in [0.5, 0.6) is 0 Å². The zero-order chi connectivity index (χ0) is 8.10. The SMILES string of the molecule is CN=C(NC)C1CCCCC1. The van der Waals surface area contributed by atoms with Crippen molar-refractivity contribution in [2.75, 3.05) is 14.1 Å². The van der Waals surface area contributed by atoms with Crippen molar-refractivity contribution in [3.05, 3.63) is 0 Å². The van der Waals surface area contributed by atoms with E-state index in [9.17, 15) is 0 Å². The summed E-state index contributed by atoms with van der Waals surface area (Å²) in [5.74, 6) is 1.92. The van der Waals surface area contributed by atoms with Crippen LogP contribution in [0.2, 0.25) is 0 Å². The molecule has 0 aliphatic heterocycles. The Morgan fingerprint density at radius 2 is 1.91 bits per heavy atom. The minimum absolute atomic E-state index is 0.721. The molecule has 64 valence electrons. The van der Waals surface area contributed by atoms with Gasteiger partial charge in [0.2, 0.25) is 0 Å². The number of hydrogen-bond acceptors (Lipinski definition) is 1. The van der Waals surface area contributed by atoms with E-state index in [1.807, 2.05) is 14.1 Å². The minimum atomic E-state index is 0.721. The first-order valence-electron chi connectivity index (χ1n) is 4.53. The van der Waals surface area contributed by atoms with Crippen LogP contribution in [0.3, 0.4) is 0 Å². The molecule has 0 atom stereocenters. The molecule has 0 amide bonds. The first-order valence-corrected chi connectivity index (χ1v) is 4.53. The van der Waals surface area contributed by atoms with Crippen LogP contribution < -0.4 is 5.32 Å². The van der Waals surface area contributed by atoms with Crippen molar-refractivity contribution < 1.29 is 0 Å². The smallest absolute Gasteiger partial charge is 0.0988 e. The van der Waals surface area contributed by atoms with Gasteiger partial charge in [0, 0.05) is 20.0 Å². The van der Waals surface area contributed by atoms with E-state index in [1.54, 1.807) is 0 Å². The summed E-state index contributed by atoms with van der Waals surface area (Å²) >= 11 is 0. The Labute approximate surface area is 69.1 Å². The maximum atomic E-state index is 4.24. The summed E-state index contributed by atoms with van der Waals surface area (Å²) in [6.07, 6.45) is 6.83. The molecule has 0 bridgehead atoms. The number of nitrogens with one attached hydrogen (secondary N) is 1. The average Bonchev–Trinajstić information content (AvgIpc) is 2.09. The van der Waals surface area contributed by atoms with Gasteiger partial charge < -0.3 is 5.32 Å². The van der Waals surface area contributed by atoms with E-state index in [1.165, 1.54) is 37.9 Å². The third-order valence-corrected chi connectivity index (χ3v) is 2.49. The number of nitrogens with zero attached hydrogens (tertiary/aromatic N) is 1. The van der Waals surface area contributed by atoms with Gasteiger partial charge in [-0.1, -0.05) is 19.3 Å². The normalized spacial score (nSPS) is 21.8. The summed E-state index contributed by atoms with van der Waals surface area (Å²) in [5.41, 5.74) is 0. The lowest BCUT2D eigenvalue weighted by Crippen LogP contribution is -2.29. The van der Waals surface area contributed by atoms with Crippen LogP contribution in [-0.2, 0) is 0 Å². The lowest BCUT2D eigenvalue weighted by molar-refractivity contribution is 0.433. The second-order valence-electron chi connectivity index (χ2n) is 3.19. The van der Waals surface area contributed by atoms with E-state index in [2.05, 4.69) is 10.3 Å². The highest BCUT2D eigenvalue weighted by Gasteiger charge is 2.17. The van der Waals surface area contributed by atoms with E-state index in [0.717, 1.165) is 5.92 Å². The van der Waals surface area contributed by atoms with Gasteiger partial charge in [-0.15, -0.1) is 0 Å². The molecule has 0 aromatic carbocycles.